The molecule has 0 aromatic heterocycles. The molecule has 0 atom stereocenters. The minimum Gasteiger partial charge on any atom is -0.478 e. The van der Waals surface area contributed by atoms with Crippen LogP contribution >= 0.6 is 0 Å². The normalized spacial score (nSPS) is 11.6. The van der Waals surface area contributed by atoms with E-state index in [1.165, 1.54) is 0 Å². The Bertz CT molecular complexity index is 1010. The maximum atomic E-state index is 12.4. The summed E-state index contributed by atoms with van der Waals surface area (Å²) < 4.78 is 0. The van der Waals surface area contributed by atoms with Crippen LogP contribution < -0.4 is 0 Å². The number of carboxylic acid groups (broad SMARTS) is 2. The smallest absolute Gasteiger partial charge is 0.336 e. The van der Waals surface area contributed by atoms with Gasteiger partial charge in [-0.25, -0.2) is 9.59 Å². The molecule has 30 heavy (non-hydrogen) atoms. The largest absolute Gasteiger partial charge is 0.478 e. The lowest BCUT2D eigenvalue weighted by Crippen LogP contribution is -2.16. The molecule has 4 nitrogen and oxygen atoms in total. The Hall–Kier alpha value is -2.62. The zero-order valence-electron chi connectivity index (χ0n) is 19.6. The van der Waals surface area contributed by atoms with Gasteiger partial charge in [0.1, 0.15) is 0 Å². The van der Waals surface area contributed by atoms with E-state index in [2.05, 4.69) is 13.8 Å². The third kappa shape index (κ3) is 4.00. The van der Waals surface area contributed by atoms with E-state index >= 15 is 0 Å². The van der Waals surface area contributed by atoms with Crippen LogP contribution in [0, 0.1) is 20.8 Å². The van der Waals surface area contributed by atoms with E-state index < -0.39 is 11.9 Å². The van der Waals surface area contributed by atoms with Crippen LogP contribution in [0.5, 0.6) is 0 Å². The highest BCUT2D eigenvalue weighted by atomic mass is 16.4. The molecule has 0 radical (unpaired) electrons. The molecule has 0 saturated heterocycles. The highest BCUT2D eigenvalue weighted by Crippen LogP contribution is 2.44. The van der Waals surface area contributed by atoms with Crippen molar-refractivity contribution in [2.45, 2.75) is 80.1 Å². The summed E-state index contributed by atoms with van der Waals surface area (Å²) in [6, 6.07) is 3.90. The summed E-state index contributed by atoms with van der Waals surface area (Å²) in [6.07, 6.45) is 0. The van der Waals surface area contributed by atoms with Gasteiger partial charge in [0, 0.05) is 0 Å². The van der Waals surface area contributed by atoms with Gasteiger partial charge >= 0.3 is 11.9 Å². The number of aryl methyl sites for hydroxylation is 1. The van der Waals surface area contributed by atoms with Crippen LogP contribution in [0.15, 0.2) is 12.1 Å². The van der Waals surface area contributed by atoms with Crippen LogP contribution in [0.25, 0.3) is 11.1 Å². The molecule has 2 rings (SSSR count). The number of aromatic carboxylic acids is 2. The van der Waals surface area contributed by atoms with Crippen molar-refractivity contribution in [1.29, 1.82) is 0 Å². The number of hydrogen-bond acceptors (Lipinski definition) is 2. The van der Waals surface area contributed by atoms with Crippen LogP contribution in [-0.2, 0) is 0 Å². The third-order valence-electron chi connectivity index (χ3n) is 6.10. The maximum absolute atomic E-state index is 12.4. The molecule has 2 aromatic rings. The molecule has 0 aliphatic carbocycles. The number of rotatable bonds is 6. The molecule has 0 bridgehead atoms. The summed E-state index contributed by atoms with van der Waals surface area (Å²) in [5, 5.41) is 20.2. The van der Waals surface area contributed by atoms with E-state index in [4.69, 9.17) is 0 Å². The summed E-state index contributed by atoms with van der Waals surface area (Å²) in [6.45, 7) is 17.8. The summed E-state index contributed by atoms with van der Waals surface area (Å²) in [7, 11) is 0. The first-order chi connectivity index (χ1) is 13.8. The predicted octanol–water partition coefficient (Wildman–Crippen LogP) is 7.05. The standard InChI is InChI=1S/C26H34O4/c1-12(2)18-11-19(13(3)4)24(26(29)30)21(14(5)6)23(18)20-10-15(7)16(8)17(9)22(20)25(27)28/h10-14H,1-9H3,(H,27,28)(H,29,30). The van der Waals surface area contributed by atoms with E-state index in [0.29, 0.717) is 11.1 Å². The Kier molecular flexibility index (Phi) is 6.80. The Morgan fingerprint density at radius 3 is 1.60 bits per heavy atom. The Morgan fingerprint density at radius 2 is 1.20 bits per heavy atom. The van der Waals surface area contributed by atoms with Crippen molar-refractivity contribution in [2.24, 2.45) is 0 Å². The lowest BCUT2D eigenvalue weighted by atomic mass is 9.76. The van der Waals surface area contributed by atoms with Gasteiger partial charge in [-0.2, -0.15) is 0 Å². The van der Waals surface area contributed by atoms with Crippen molar-refractivity contribution in [3.63, 3.8) is 0 Å². The highest BCUT2D eigenvalue weighted by molar-refractivity contribution is 6.02. The van der Waals surface area contributed by atoms with E-state index in [-0.39, 0.29) is 23.3 Å². The van der Waals surface area contributed by atoms with Gasteiger partial charge < -0.3 is 10.2 Å². The van der Waals surface area contributed by atoms with Crippen molar-refractivity contribution in [3.8, 4) is 11.1 Å². The zero-order chi connectivity index (χ0) is 23.1. The molecule has 0 saturated carbocycles. The summed E-state index contributed by atoms with van der Waals surface area (Å²) in [5.74, 6) is -1.87. The van der Waals surface area contributed by atoms with Gasteiger partial charge in [-0.1, -0.05) is 53.7 Å². The summed E-state index contributed by atoms with van der Waals surface area (Å²) in [4.78, 5) is 24.7. The molecule has 0 amide bonds. The number of carboxylic acids is 2. The first-order valence-corrected chi connectivity index (χ1v) is 10.6. The van der Waals surface area contributed by atoms with E-state index in [1.54, 1.807) is 0 Å². The van der Waals surface area contributed by atoms with Crippen LogP contribution in [0.4, 0.5) is 0 Å². The average molecular weight is 411 g/mol. The minimum atomic E-state index is -0.986. The minimum absolute atomic E-state index is 0.0422. The van der Waals surface area contributed by atoms with Gasteiger partial charge in [-0.3, -0.25) is 0 Å². The third-order valence-corrected chi connectivity index (χ3v) is 6.10. The predicted molar refractivity (Wildman–Crippen MR) is 122 cm³/mol. The lowest BCUT2D eigenvalue weighted by molar-refractivity contribution is 0.0685. The van der Waals surface area contributed by atoms with E-state index in [9.17, 15) is 19.8 Å². The molecule has 162 valence electrons. The summed E-state index contributed by atoms with van der Waals surface area (Å²) >= 11 is 0. The topological polar surface area (TPSA) is 74.6 Å². The molecule has 0 unspecified atom stereocenters. The molecule has 0 heterocycles. The van der Waals surface area contributed by atoms with Gasteiger partial charge in [0.15, 0.2) is 0 Å². The average Bonchev–Trinajstić information content (AvgIpc) is 2.62. The zero-order valence-corrected chi connectivity index (χ0v) is 19.6. The quantitative estimate of drug-likeness (QED) is 0.535. The molecule has 0 spiro atoms. The van der Waals surface area contributed by atoms with E-state index in [0.717, 1.165) is 38.9 Å². The molecule has 0 aliphatic heterocycles. The van der Waals surface area contributed by atoms with E-state index in [1.807, 2.05) is 60.6 Å². The van der Waals surface area contributed by atoms with Crippen LogP contribution in [-0.4, -0.2) is 22.2 Å². The van der Waals surface area contributed by atoms with Crippen LogP contribution in [0.1, 0.15) is 113 Å². The first kappa shape index (κ1) is 23.7. The van der Waals surface area contributed by atoms with Crippen LogP contribution in [0.3, 0.4) is 0 Å². The molecular weight excluding hydrogens is 376 g/mol. The number of hydrogen-bond donors (Lipinski definition) is 2. The monoisotopic (exact) mass is 410 g/mol. The van der Waals surface area contributed by atoms with Gasteiger partial charge in [0.25, 0.3) is 0 Å². The van der Waals surface area contributed by atoms with Gasteiger partial charge in [-0.15, -0.1) is 0 Å². The molecule has 0 aliphatic rings. The molecule has 4 heteroatoms. The molecule has 0 fully saturated rings. The Morgan fingerprint density at radius 1 is 0.700 bits per heavy atom. The SMILES string of the molecule is Cc1cc(-c2c(C(C)C)cc(C(C)C)c(C(=O)O)c2C(C)C)c(C(=O)O)c(C)c1C. The molecular formula is C26H34O4. The Balaban J connectivity index is 3.24. The fourth-order valence-electron chi connectivity index (χ4n) is 4.33. The fourth-order valence-corrected chi connectivity index (χ4v) is 4.33. The van der Waals surface area contributed by atoms with Crippen molar-refractivity contribution in [3.05, 3.63) is 56.6 Å². The second-order valence-corrected chi connectivity index (χ2v) is 9.16. The number of carbonyl (C=O) groups is 2. The summed E-state index contributed by atoms with van der Waals surface area (Å²) in [5.41, 5.74) is 7.16. The Labute approximate surface area is 180 Å². The molecule has 2 N–H and O–H groups in total. The second-order valence-electron chi connectivity index (χ2n) is 9.16. The van der Waals surface area contributed by atoms with Gasteiger partial charge in [0.2, 0.25) is 0 Å². The van der Waals surface area contributed by atoms with Crippen molar-refractivity contribution in [1.82, 2.24) is 0 Å². The highest BCUT2D eigenvalue weighted by Gasteiger charge is 2.30. The van der Waals surface area contributed by atoms with Crippen molar-refractivity contribution >= 4 is 11.9 Å². The number of benzene rings is 2. The molecule has 2 aromatic carbocycles. The van der Waals surface area contributed by atoms with Crippen molar-refractivity contribution in [2.75, 3.05) is 0 Å². The van der Waals surface area contributed by atoms with Gasteiger partial charge in [0.05, 0.1) is 11.1 Å². The second kappa shape index (κ2) is 8.63. The lowest BCUT2D eigenvalue weighted by Gasteiger charge is -2.27. The maximum Gasteiger partial charge on any atom is 0.336 e. The van der Waals surface area contributed by atoms with Crippen LogP contribution in [0.2, 0.25) is 0 Å². The van der Waals surface area contributed by atoms with Crippen molar-refractivity contribution < 1.29 is 19.8 Å². The fraction of sp³-hybridized carbons (Fsp3) is 0.462. The first-order valence-electron chi connectivity index (χ1n) is 10.6. The van der Waals surface area contributed by atoms with Gasteiger partial charge in [-0.05, 0) is 83.0 Å².